The minimum Gasteiger partial charge on any atom is -0.384 e. The van der Waals surface area contributed by atoms with Crippen molar-refractivity contribution in [2.45, 2.75) is 33.1 Å². The van der Waals surface area contributed by atoms with Gasteiger partial charge in [0.15, 0.2) is 0 Å². The highest BCUT2D eigenvalue weighted by Crippen LogP contribution is 2.23. The third-order valence-corrected chi connectivity index (χ3v) is 3.37. The fourth-order valence-electron chi connectivity index (χ4n) is 2.22. The van der Waals surface area contributed by atoms with Gasteiger partial charge in [-0.2, -0.15) is 0 Å². The largest absolute Gasteiger partial charge is 0.384 e. The molecule has 0 aliphatic carbocycles. The van der Waals surface area contributed by atoms with Crippen LogP contribution in [0.3, 0.4) is 0 Å². The number of para-hydroxylation sites is 1. The van der Waals surface area contributed by atoms with E-state index in [1.165, 1.54) is 0 Å². The van der Waals surface area contributed by atoms with Crippen molar-refractivity contribution in [1.29, 1.82) is 0 Å². The molecule has 0 spiro atoms. The summed E-state index contributed by atoms with van der Waals surface area (Å²) in [6.07, 6.45) is 2.35. The van der Waals surface area contributed by atoms with Crippen molar-refractivity contribution in [2.75, 3.05) is 18.4 Å². The Balaban J connectivity index is 2.05. The van der Waals surface area contributed by atoms with Crippen LogP contribution < -0.4 is 10.6 Å². The Morgan fingerprint density at radius 2 is 2.00 bits per heavy atom. The first-order chi connectivity index (χ1) is 10.2. The first kappa shape index (κ1) is 15.3. The summed E-state index contributed by atoms with van der Waals surface area (Å²) in [5.74, 6) is 0.0958. The molecule has 0 fully saturated rings. The number of anilines is 1. The number of rotatable bonds is 7. The lowest BCUT2D eigenvalue weighted by Crippen LogP contribution is -2.25. The van der Waals surface area contributed by atoms with Gasteiger partial charge in [-0.05, 0) is 25.0 Å². The average molecular weight is 285 g/mol. The lowest BCUT2D eigenvalue weighted by atomic mass is 10.1. The van der Waals surface area contributed by atoms with Crippen molar-refractivity contribution >= 4 is 22.5 Å². The van der Waals surface area contributed by atoms with E-state index >= 15 is 0 Å². The SMILES string of the molecule is CCCNC(=O)CCNc1cc(CC)nc2ccccc12. The third kappa shape index (κ3) is 4.18. The van der Waals surface area contributed by atoms with Gasteiger partial charge in [-0.25, -0.2) is 0 Å². The van der Waals surface area contributed by atoms with Gasteiger partial charge in [-0.3, -0.25) is 9.78 Å². The molecule has 1 heterocycles. The molecule has 0 unspecified atom stereocenters. The van der Waals surface area contributed by atoms with E-state index in [4.69, 9.17) is 0 Å². The van der Waals surface area contributed by atoms with Gasteiger partial charge in [-0.1, -0.05) is 32.0 Å². The maximum absolute atomic E-state index is 11.6. The molecule has 1 aromatic heterocycles. The van der Waals surface area contributed by atoms with E-state index in [9.17, 15) is 4.79 Å². The van der Waals surface area contributed by atoms with Crippen LogP contribution in [0.15, 0.2) is 30.3 Å². The first-order valence-corrected chi connectivity index (χ1v) is 7.63. The van der Waals surface area contributed by atoms with Crippen LogP contribution in [0, 0.1) is 0 Å². The molecule has 1 amide bonds. The lowest BCUT2D eigenvalue weighted by Gasteiger charge is -2.11. The second-order valence-electron chi connectivity index (χ2n) is 5.06. The van der Waals surface area contributed by atoms with Crippen LogP contribution in [0.5, 0.6) is 0 Å². The molecule has 0 saturated heterocycles. The maximum Gasteiger partial charge on any atom is 0.221 e. The van der Waals surface area contributed by atoms with Gasteiger partial charge in [-0.15, -0.1) is 0 Å². The monoisotopic (exact) mass is 285 g/mol. The van der Waals surface area contributed by atoms with E-state index in [0.29, 0.717) is 13.0 Å². The van der Waals surface area contributed by atoms with Crippen molar-refractivity contribution in [2.24, 2.45) is 0 Å². The fraction of sp³-hybridized carbons (Fsp3) is 0.412. The molecule has 0 radical (unpaired) electrons. The van der Waals surface area contributed by atoms with Gasteiger partial charge < -0.3 is 10.6 Å². The highest BCUT2D eigenvalue weighted by Gasteiger charge is 2.05. The van der Waals surface area contributed by atoms with Crippen molar-refractivity contribution in [3.05, 3.63) is 36.0 Å². The highest BCUT2D eigenvalue weighted by atomic mass is 16.1. The molecule has 2 N–H and O–H groups in total. The molecule has 0 bridgehead atoms. The molecular weight excluding hydrogens is 262 g/mol. The number of aromatic nitrogens is 1. The summed E-state index contributed by atoms with van der Waals surface area (Å²) < 4.78 is 0. The number of carbonyl (C=O) groups is 1. The summed E-state index contributed by atoms with van der Waals surface area (Å²) in [5.41, 5.74) is 3.11. The van der Waals surface area contributed by atoms with Crippen LogP contribution >= 0.6 is 0 Å². The van der Waals surface area contributed by atoms with E-state index in [1.807, 2.05) is 25.1 Å². The molecule has 0 aliphatic rings. The van der Waals surface area contributed by atoms with Gasteiger partial charge in [0.2, 0.25) is 5.91 Å². The Bertz CT molecular complexity index is 610. The van der Waals surface area contributed by atoms with E-state index in [0.717, 1.165) is 41.7 Å². The van der Waals surface area contributed by atoms with Gasteiger partial charge >= 0.3 is 0 Å². The normalized spacial score (nSPS) is 10.6. The minimum absolute atomic E-state index is 0.0958. The van der Waals surface area contributed by atoms with Crippen LogP contribution in [0.25, 0.3) is 10.9 Å². The van der Waals surface area contributed by atoms with Crippen LogP contribution in [0.2, 0.25) is 0 Å². The number of nitrogens with zero attached hydrogens (tertiary/aromatic N) is 1. The zero-order valence-electron chi connectivity index (χ0n) is 12.8. The standard InChI is InChI=1S/C17H23N3O/c1-3-10-19-17(21)9-11-18-16-12-13(4-2)20-15-8-6-5-7-14(15)16/h5-8,12H,3-4,9-11H2,1-2H3,(H,18,20)(H,19,21). The predicted octanol–water partition coefficient (Wildman–Crippen LogP) is 3.13. The first-order valence-electron chi connectivity index (χ1n) is 7.63. The minimum atomic E-state index is 0.0958. The number of carbonyl (C=O) groups excluding carboxylic acids is 1. The Morgan fingerprint density at radius 3 is 2.76 bits per heavy atom. The molecular formula is C17H23N3O. The molecule has 112 valence electrons. The number of fused-ring (bicyclic) bond motifs is 1. The number of hydrogen-bond donors (Lipinski definition) is 2. The number of aryl methyl sites for hydroxylation is 1. The van der Waals surface area contributed by atoms with Crippen molar-refractivity contribution in [3.8, 4) is 0 Å². The Labute approximate surface area is 126 Å². The molecule has 2 rings (SSSR count). The number of benzene rings is 1. The third-order valence-electron chi connectivity index (χ3n) is 3.37. The van der Waals surface area contributed by atoms with Gasteiger partial charge in [0.05, 0.1) is 5.52 Å². The molecule has 0 saturated carbocycles. The van der Waals surface area contributed by atoms with E-state index in [1.54, 1.807) is 0 Å². The molecule has 4 heteroatoms. The van der Waals surface area contributed by atoms with Crippen LogP contribution in [0.1, 0.15) is 32.4 Å². The number of amides is 1. The zero-order valence-corrected chi connectivity index (χ0v) is 12.8. The molecule has 21 heavy (non-hydrogen) atoms. The Kier molecular flexibility index (Phi) is 5.55. The van der Waals surface area contributed by atoms with Gasteiger partial charge in [0.25, 0.3) is 0 Å². The fourth-order valence-corrected chi connectivity index (χ4v) is 2.22. The molecule has 4 nitrogen and oxygen atoms in total. The number of nitrogens with one attached hydrogen (secondary N) is 2. The highest BCUT2D eigenvalue weighted by molar-refractivity contribution is 5.91. The van der Waals surface area contributed by atoms with Crippen LogP contribution in [0.4, 0.5) is 5.69 Å². The number of pyridine rings is 1. The summed E-state index contributed by atoms with van der Waals surface area (Å²) in [7, 11) is 0. The second-order valence-corrected chi connectivity index (χ2v) is 5.06. The number of hydrogen-bond acceptors (Lipinski definition) is 3. The summed E-state index contributed by atoms with van der Waals surface area (Å²) >= 11 is 0. The van der Waals surface area contributed by atoms with Crippen molar-refractivity contribution in [3.63, 3.8) is 0 Å². The predicted molar refractivity (Wildman–Crippen MR) is 87.5 cm³/mol. The average Bonchev–Trinajstić information content (AvgIpc) is 2.52. The van der Waals surface area contributed by atoms with Crippen molar-refractivity contribution in [1.82, 2.24) is 10.3 Å². The summed E-state index contributed by atoms with van der Waals surface area (Å²) in [6, 6.07) is 10.2. The molecule has 2 aromatic rings. The van der Waals surface area contributed by atoms with Crippen LogP contribution in [-0.2, 0) is 11.2 Å². The van der Waals surface area contributed by atoms with Gasteiger partial charge in [0.1, 0.15) is 0 Å². The smallest absolute Gasteiger partial charge is 0.221 e. The molecule has 1 aromatic carbocycles. The van der Waals surface area contributed by atoms with E-state index in [-0.39, 0.29) is 5.91 Å². The lowest BCUT2D eigenvalue weighted by molar-refractivity contribution is -0.120. The summed E-state index contributed by atoms with van der Waals surface area (Å²) in [4.78, 5) is 16.2. The van der Waals surface area contributed by atoms with Crippen LogP contribution in [-0.4, -0.2) is 24.0 Å². The Hall–Kier alpha value is -2.10. The molecule has 0 atom stereocenters. The summed E-state index contributed by atoms with van der Waals surface area (Å²) in [6.45, 7) is 5.52. The topological polar surface area (TPSA) is 54.0 Å². The van der Waals surface area contributed by atoms with E-state index < -0.39 is 0 Å². The maximum atomic E-state index is 11.6. The van der Waals surface area contributed by atoms with Gasteiger partial charge in [0, 0.05) is 36.3 Å². The Morgan fingerprint density at radius 1 is 1.19 bits per heavy atom. The molecule has 0 aliphatic heterocycles. The summed E-state index contributed by atoms with van der Waals surface area (Å²) in [5, 5.41) is 7.36. The van der Waals surface area contributed by atoms with Crippen molar-refractivity contribution < 1.29 is 4.79 Å². The zero-order chi connectivity index (χ0) is 15.1. The van der Waals surface area contributed by atoms with E-state index in [2.05, 4.69) is 34.7 Å². The quantitative estimate of drug-likeness (QED) is 0.822. The second kappa shape index (κ2) is 7.62.